The summed E-state index contributed by atoms with van der Waals surface area (Å²) >= 11 is 1.52. The second kappa shape index (κ2) is 21.7. The van der Waals surface area contributed by atoms with E-state index in [1.165, 1.54) is 34.8 Å². The van der Waals surface area contributed by atoms with Crippen LogP contribution in [-0.4, -0.2) is 150 Å². The molecule has 6 atom stereocenters. The zero-order chi connectivity index (χ0) is 50.4. The monoisotopic (exact) mass is 1020 g/mol. The molecule has 7 aliphatic rings. The van der Waals surface area contributed by atoms with Crippen LogP contribution in [-0.2, 0) is 51.0 Å². The van der Waals surface area contributed by atoms with Gasteiger partial charge in [-0.25, -0.2) is 10.4 Å². The van der Waals surface area contributed by atoms with E-state index in [-0.39, 0.29) is 36.7 Å². The van der Waals surface area contributed by atoms with Crippen molar-refractivity contribution in [3.05, 3.63) is 57.7 Å². The van der Waals surface area contributed by atoms with Gasteiger partial charge in [-0.1, -0.05) is 19.9 Å². The van der Waals surface area contributed by atoms with Gasteiger partial charge < -0.3 is 38.5 Å². The van der Waals surface area contributed by atoms with Gasteiger partial charge in [0.05, 0.1) is 54.6 Å². The highest BCUT2D eigenvalue weighted by molar-refractivity contribution is 7.10. The van der Waals surface area contributed by atoms with Gasteiger partial charge in [-0.3, -0.25) is 29.3 Å². The third kappa shape index (κ3) is 10.9. The highest BCUT2D eigenvalue weighted by Crippen LogP contribution is 2.45. The fourth-order valence-electron chi connectivity index (χ4n) is 12.4. The van der Waals surface area contributed by atoms with Crippen molar-refractivity contribution in [2.75, 3.05) is 66.3 Å². The summed E-state index contributed by atoms with van der Waals surface area (Å²) in [6.07, 6.45) is 12.1. The average molecular weight is 1020 g/mol. The maximum absolute atomic E-state index is 15.0. The van der Waals surface area contributed by atoms with Gasteiger partial charge in [0.25, 0.3) is 5.91 Å². The van der Waals surface area contributed by atoms with Crippen LogP contribution in [0.3, 0.4) is 0 Å². The molecule has 0 spiro atoms. The van der Waals surface area contributed by atoms with Crippen molar-refractivity contribution in [1.82, 2.24) is 40.1 Å². The van der Waals surface area contributed by atoms with E-state index in [4.69, 9.17) is 33.7 Å². The van der Waals surface area contributed by atoms with E-state index >= 15 is 4.79 Å². The number of piperidine rings is 1. The summed E-state index contributed by atoms with van der Waals surface area (Å²) in [6.45, 7) is 15.2. The Morgan fingerprint density at radius 2 is 1.77 bits per heavy atom. The maximum Gasteiger partial charge on any atom is 0.324 e. The van der Waals surface area contributed by atoms with Gasteiger partial charge in [0.1, 0.15) is 23.2 Å². The zero-order valence-corrected chi connectivity index (χ0v) is 44.4. The van der Waals surface area contributed by atoms with Crippen molar-refractivity contribution in [2.24, 2.45) is 5.41 Å². The van der Waals surface area contributed by atoms with E-state index in [1.807, 2.05) is 6.92 Å². The number of pyridine rings is 1. The third-order valence-electron chi connectivity index (χ3n) is 16.7. The first-order valence-electron chi connectivity index (χ1n) is 27.4. The summed E-state index contributed by atoms with van der Waals surface area (Å²) in [5.74, 6) is -0.625. The standard InChI is InChI=1S/C56H76N8O8S/c1-34-27-47(72-34)52(65)59-49-51(62-18-6-7-19-62)53-58-45(32-73-53)37-10-13-46-41(28-37)43(30-56(3,4)33-71-55(67)44-9-8-20-64(60-44)54(49)66)50(63(46)23-26-70-40-16-24-69-25-17-40)42-29-38(31-57-48(42)35(2)68-5)36-14-21-61(22-15-36)39-11-12-39/h10,13,28-29,31-32,34-36,39-40,44,47,49,51,60H,6-9,11-12,14-27,30,33H2,1-5H3,(H,59,65)/t34-,35+,44+,47+,49+,51+/m1/s1. The number of ether oxygens (including phenoxy) is 5. The number of esters is 1. The minimum Gasteiger partial charge on any atom is -0.464 e. The number of carbonyl (C=O) groups is 3. The first-order chi connectivity index (χ1) is 35.4. The SMILES string of the molecule is CO[C@@H](C)c1ncc(C2CCN(C3CC3)CC2)cc1-c1c2c3cc(ccc3n1CCOC1CCOCC1)-c1csc(n1)[C@@H](N1CCCC1)[C@H](NC(=O)[C@@H]1C[C@@H](C)O1)C(=O)N1CCC[C@H](N1)C(=O)OCC(C)(C)C2. The number of likely N-dealkylation sites (tertiary alicyclic amines) is 2. The lowest BCUT2D eigenvalue weighted by molar-refractivity contribution is -0.163. The number of carbonyl (C=O) groups excluding carboxylic acids is 3. The van der Waals surface area contributed by atoms with Gasteiger partial charge >= 0.3 is 5.97 Å². The van der Waals surface area contributed by atoms with E-state index in [0.717, 1.165) is 120 Å². The van der Waals surface area contributed by atoms with E-state index in [2.05, 4.69) is 81.7 Å². The summed E-state index contributed by atoms with van der Waals surface area (Å²) in [5, 5.41) is 8.64. The molecule has 4 aromatic rings. The molecule has 73 heavy (non-hydrogen) atoms. The maximum atomic E-state index is 15.0. The molecule has 1 aromatic carbocycles. The molecule has 3 aromatic heterocycles. The number of nitrogens with zero attached hydrogens (tertiary/aromatic N) is 6. The van der Waals surface area contributed by atoms with Crippen LogP contribution in [0.5, 0.6) is 0 Å². The van der Waals surface area contributed by atoms with Gasteiger partial charge in [0, 0.05) is 84.9 Å². The second-order valence-corrected chi connectivity index (χ2v) is 23.6. The van der Waals surface area contributed by atoms with Crippen LogP contribution in [0.25, 0.3) is 33.4 Å². The molecular weight excluding hydrogens is 945 g/mol. The topological polar surface area (TPSA) is 162 Å². The molecule has 1 saturated carbocycles. The van der Waals surface area contributed by atoms with Crippen molar-refractivity contribution in [3.63, 3.8) is 0 Å². The van der Waals surface area contributed by atoms with Gasteiger partial charge in [-0.05, 0) is 146 Å². The Balaban J connectivity index is 1.06. The highest BCUT2D eigenvalue weighted by atomic mass is 32.1. The van der Waals surface area contributed by atoms with Crippen LogP contribution >= 0.6 is 11.3 Å². The van der Waals surface area contributed by atoms with Crippen LogP contribution in [0.2, 0.25) is 0 Å². The first-order valence-corrected chi connectivity index (χ1v) is 28.3. The zero-order valence-electron chi connectivity index (χ0n) is 43.6. The number of methoxy groups -OCH3 is 1. The van der Waals surface area contributed by atoms with Crippen LogP contribution in [0.4, 0.5) is 0 Å². The summed E-state index contributed by atoms with van der Waals surface area (Å²) in [6, 6.07) is 7.56. The Hall–Kier alpha value is -4.33. The molecule has 6 fully saturated rings. The molecular formula is C56H76N8O8S. The number of benzene rings is 1. The van der Waals surface area contributed by atoms with Gasteiger partial charge in [0.2, 0.25) is 5.91 Å². The number of hydrazine groups is 1. The number of fused-ring (bicyclic) bond motifs is 6. The van der Waals surface area contributed by atoms with Crippen LogP contribution in [0.15, 0.2) is 35.8 Å². The molecule has 394 valence electrons. The molecule has 0 unspecified atom stereocenters. The minimum absolute atomic E-state index is 0.0259. The summed E-state index contributed by atoms with van der Waals surface area (Å²) < 4.78 is 33.1. The molecule has 2 amide bonds. The number of hydrogen-bond donors (Lipinski definition) is 2. The highest BCUT2D eigenvalue weighted by Gasteiger charge is 2.45. The van der Waals surface area contributed by atoms with E-state index in [0.29, 0.717) is 64.5 Å². The normalized spacial score (nSPS) is 27.4. The number of nitrogens with one attached hydrogen (secondary N) is 2. The summed E-state index contributed by atoms with van der Waals surface area (Å²) in [5.41, 5.74) is 11.0. The fourth-order valence-corrected chi connectivity index (χ4v) is 13.4. The number of cyclic esters (lactones) is 1. The van der Waals surface area contributed by atoms with E-state index < -0.39 is 35.6 Å². The molecule has 11 rings (SSSR count). The second-order valence-electron chi connectivity index (χ2n) is 22.7. The fraction of sp³-hybridized carbons (Fsp3) is 0.661. The molecule has 0 radical (unpaired) electrons. The Morgan fingerprint density at radius 3 is 2.51 bits per heavy atom. The lowest BCUT2D eigenvalue weighted by Crippen LogP contribution is -2.63. The Morgan fingerprint density at radius 1 is 0.986 bits per heavy atom. The summed E-state index contributed by atoms with van der Waals surface area (Å²) in [4.78, 5) is 59.0. The van der Waals surface area contributed by atoms with Crippen molar-refractivity contribution in [2.45, 2.75) is 166 Å². The Kier molecular flexibility index (Phi) is 15.1. The lowest BCUT2D eigenvalue weighted by Gasteiger charge is -2.40. The van der Waals surface area contributed by atoms with Gasteiger partial charge in [-0.2, -0.15) is 0 Å². The number of amides is 2. The van der Waals surface area contributed by atoms with Crippen LogP contribution in [0, 0.1) is 5.41 Å². The largest absolute Gasteiger partial charge is 0.464 e. The third-order valence-corrected chi connectivity index (χ3v) is 17.6. The van der Waals surface area contributed by atoms with Crippen molar-refractivity contribution in [1.29, 1.82) is 0 Å². The predicted molar refractivity (Wildman–Crippen MR) is 279 cm³/mol. The average Bonchev–Trinajstić information content (AvgIpc) is 3.74. The molecule has 5 saturated heterocycles. The molecule has 1 aliphatic carbocycles. The molecule has 6 aliphatic heterocycles. The number of aromatic nitrogens is 3. The van der Waals surface area contributed by atoms with Crippen LogP contribution < -0.4 is 10.7 Å². The quantitative estimate of drug-likeness (QED) is 0.135. The predicted octanol–water partition coefficient (Wildman–Crippen LogP) is 7.49. The first kappa shape index (κ1) is 50.8. The molecule has 9 heterocycles. The van der Waals surface area contributed by atoms with Crippen molar-refractivity contribution >= 4 is 40.0 Å². The molecule has 2 N–H and O–H groups in total. The number of hydrogen-bond acceptors (Lipinski definition) is 14. The van der Waals surface area contributed by atoms with Gasteiger partial charge in [0.15, 0.2) is 0 Å². The summed E-state index contributed by atoms with van der Waals surface area (Å²) in [7, 11) is 1.75. The minimum atomic E-state index is -0.989. The van der Waals surface area contributed by atoms with E-state index in [9.17, 15) is 9.59 Å². The smallest absolute Gasteiger partial charge is 0.324 e. The Bertz CT molecular complexity index is 2620. The van der Waals surface area contributed by atoms with Gasteiger partial charge in [-0.15, -0.1) is 11.3 Å². The van der Waals surface area contributed by atoms with Crippen LogP contribution in [0.1, 0.15) is 138 Å². The van der Waals surface area contributed by atoms with E-state index in [1.54, 1.807) is 7.11 Å². The molecule has 16 nitrogen and oxygen atoms in total. The van der Waals surface area contributed by atoms with Crippen molar-refractivity contribution < 1.29 is 38.1 Å². The lowest BCUT2D eigenvalue weighted by atomic mass is 9.83. The molecule has 17 heteroatoms. The number of thiazole rings is 1. The Labute approximate surface area is 434 Å². The molecule has 6 bridgehead atoms. The van der Waals surface area contributed by atoms with Crippen molar-refractivity contribution in [3.8, 4) is 22.5 Å². The number of rotatable bonds is 12.